The zero-order valence-electron chi connectivity index (χ0n) is 13.9. The van der Waals surface area contributed by atoms with Gasteiger partial charge in [0.25, 0.3) is 0 Å². The number of hydrogen-bond donors (Lipinski definition) is 2. The standard InChI is InChI=1S/C17H29O4P/c1-5-8-17(13-14-21-22(18,19)20)12-7-11-16(4)10-6-9-15(2)3/h5,9,11,13H,1,6-8,10,12,14H2,2-4H3,(H2,18,19,20)/b16-11+,17-13+. The molecule has 0 aliphatic heterocycles. The van der Waals surface area contributed by atoms with Crippen LogP contribution in [-0.4, -0.2) is 16.4 Å². The number of phosphoric acid groups is 1. The minimum absolute atomic E-state index is 0.0727. The van der Waals surface area contributed by atoms with Gasteiger partial charge >= 0.3 is 7.82 Å². The number of allylic oxidation sites excluding steroid dienone is 6. The third-order valence-electron chi connectivity index (χ3n) is 3.07. The summed E-state index contributed by atoms with van der Waals surface area (Å²) in [6.07, 6.45) is 12.6. The van der Waals surface area contributed by atoms with E-state index in [1.54, 1.807) is 12.2 Å². The molecule has 0 heterocycles. The summed E-state index contributed by atoms with van der Waals surface area (Å²) in [5.74, 6) is 0. The van der Waals surface area contributed by atoms with Gasteiger partial charge in [-0.25, -0.2) is 4.57 Å². The first kappa shape index (κ1) is 21.1. The molecule has 22 heavy (non-hydrogen) atoms. The molecule has 0 aromatic heterocycles. The Hall–Kier alpha value is -0.930. The Bertz CT molecular complexity index is 465. The summed E-state index contributed by atoms with van der Waals surface area (Å²) >= 11 is 0. The molecule has 0 rings (SSSR count). The Balaban J connectivity index is 4.28. The largest absolute Gasteiger partial charge is 0.469 e. The van der Waals surface area contributed by atoms with Gasteiger partial charge in [-0.3, -0.25) is 4.52 Å². The van der Waals surface area contributed by atoms with Crippen molar-refractivity contribution in [3.8, 4) is 0 Å². The predicted molar refractivity (Wildman–Crippen MR) is 92.5 cm³/mol. The molecule has 126 valence electrons. The molecule has 2 N–H and O–H groups in total. The van der Waals surface area contributed by atoms with Crippen molar-refractivity contribution in [3.05, 3.63) is 47.6 Å². The minimum Gasteiger partial charge on any atom is -0.303 e. The van der Waals surface area contributed by atoms with Gasteiger partial charge in [0.05, 0.1) is 6.61 Å². The zero-order valence-corrected chi connectivity index (χ0v) is 14.8. The van der Waals surface area contributed by atoms with E-state index in [-0.39, 0.29) is 6.61 Å². The van der Waals surface area contributed by atoms with E-state index < -0.39 is 7.82 Å². The van der Waals surface area contributed by atoms with E-state index in [0.717, 1.165) is 31.3 Å². The van der Waals surface area contributed by atoms with Gasteiger partial charge in [0.1, 0.15) is 0 Å². The summed E-state index contributed by atoms with van der Waals surface area (Å²) in [5.41, 5.74) is 3.78. The highest BCUT2D eigenvalue weighted by Gasteiger charge is 2.11. The summed E-state index contributed by atoms with van der Waals surface area (Å²) in [5, 5.41) is 0. The lowest BCUT2D eigenvalue weighted by molar-refractivity contribution is 0.215. The molecule has 0 spiro atoms. The van der Waals surface area contributed by atoms with Crippen molar-refractivity contribution in [2.45, 2.75) is 52.9 Å². The van der Waals surface area contributed by atoms with Crippen molar-refractivity contribution in [2.75, 3.05) is 6.61 Å². The van der Waals surface area contributed by atoms with Crippen LogP contribution in [-0.2, 0) is 9.09 Å². The fourth-order valence-corrected chi connectivity index (χ4v) is 2.19. The summed E-state index contributed by atoms with van der Waals surface area (Å²) in [4.78, 5) is 17.3. The van der Waals surface area contributed by atoms with Gasteiger partial charge < -0.3 is 9.79 Å². The molecule has 0 amide bonds. The van der Waals surface area contributed by atoms with Crippen molar-refractivity contribution in [3.63, 3.8) is 0 Å². The van der Waals surface area contributed by atoms with Crippen LogP contribution in [0.3, 0.4) is 0 Å². The Morgan fingerprint density at radius 1 is 1.09 bits per heavy atom. The third kappa shape index (κ3) is 14.0. The Morgan fingerprint density at radius 2 is 1.73 bits per heavy atom. The number of hydrogen-bond acceptors (Lipinski definition) is 2. The van der Waals surface area contributed by atoms with Gasteiger partial charge in [-0.15, -0.1) is 6.58 Å². The van der Waals surface area contributed by atoms with Gasteiger partial charge in [0, 0.05) is 0 Å². The average molecular weight is 328 g/mol. The Morgan fingerprint density at radius 3 is 2.27 bits per heavy atom. The van der Waals surface area contributed by atoms with Crippen LogP contribution in [0.1, 0.15) is 52.9 Å². The highest BCUT2D eigenvalue weighted by Crippen LogP contribution is 2.35. The maximum atomic E-state index is 10.6. The molecule has 0 unspecified atom stereocenters. The second-order valence-corrected chi connectivity index (χ2v) is 6.79. The Kier molecular flexibility index (Phi) is 11.1. The van der Waals surface area contributed by atoms with E-state index in [1.165, 1.54) is 11.1 Å². The van der Waals surface area contributed by atoms with Crippen LogP contribution in [0.15, 0.2) is 47.6 Å². The predicted octanol–water partition coefficient (Wildman–Crippen LogP) is 5.07. The van der Waals surface area contributed by atoms with Crippen molar-refractivity contribution in [2.24, 2.45) is 0 Å². The summed E-state index contributed by atoms with van der Waals surface area (Å²) in [7, 11) is -4.39. The maximum absolute atomic E-state index is 10.6. The fourth-order valence-electron chi connectivity index (χ4n) is 1.92. The van der Waals surface area contributed by atoms with E-state index in [4.69, 9.17) is 9.79 Å². The maximum Gasteiger partial charge on any atom is 0.469 e. The summed E-state index contributed by atoms with van der Waals surface area (Å²) in [6.45, 7) is 9.96. The van der Waals surface area contributed by atoms with E-state index in [9.17, 15) is 4.57 Å². The number of rotatable bonds is 11. The summed E-state index contributed by atoms with van der Waals surface area (Å²) < 4.78 is 15.1. The number of phosphoric ester groups is 1. The molecule has 0 radical (unpaired) electrons. The Labute approximate surface area is 134 Å². The van der Waals surface area contributed by atoms with Crippen LogP contribution in [0, 0.1) is 0 Å². The first-order chi connectivity index (χ1) is 10.2. The van der Waals surface area contributed by atoms with Crippen molar-refractivity contribution < 1.29 is 18.9 Å². The smallest absolute Gasteiger partial charge is 0.303 e. The van der Waals surface area contributed by atoms with Gasteiger partial charge in [-0.05, 0) is 52.9 Å². The van der Waals surface area contributed by atoms with E-state index in [2.05, 4.69) is 44.0 Å². The molecular formula is C17H29O4P. The van der Waals surface area contributed by atoms with Crippen LogP contribution in [0.25, 0.3) is 0 Å². The SMILES string of the molecule is C=CC/C(=C\COP(=O)(O)O)CC/C=C(\C)CCC=C(C)C. The van der Waals surface area contributed by atoms with Crippen LogP contribution in [0.5, 0.6) is 0 Å². The monoisotopic (exact) mass is 328 g/mol. The van der Waals surface area contributed by atoms with Crippen LogP contribution in [0.2, 0.25) is 0 Å². The van der Waals surface area contributed by atoms with Gasteiger partial charge in [-0.2, -0.15) is 0 Å². The molecule has 5 heteroatoms. The second-order valence-electron chi connectivity index (χ2n) is 5.55. The third-order valence-corrected chi connectivity index (χ3v) is 3.56. The van der Waals surface area contributed by atoms with E-state index >= 15 is 0 Å². The molecule has 0 bridgehead atoms. The lowest BCUT2D eigenvalue weighted by atomic mass is 10.0. The van der Waals surface area contributed by atoms with Crippen LogP contribution >= 0.6 is 7.82 Å². The molecular weight excluding hydrogens is 299 g/mol. The molecule has 4 nitrogen and oxygen atoms in total. The normalized spacial score (nSPS) is 13.1. The molecule has 0 atom stereocenters. The van der Waals surface area contributed by atoms with Gasteiger partial charge in [0.15, 0.2) is 0 Å². The van der Waals surface area contributed by atoms with Crippen molar-refractivity contribution in [1.29, 1.82) is 0 Å². The highest BCUT2D eigenvalue weighted by atomic mass is 31.2. The molecule has 0 aromatic carbocycles. The van der Waals surface area contributed by atoms with E-state index in [1.807, 2.05) is 0 Å². The molecule has 0 saturated carbocycles. The molecule has 0 aliphatic carbocycles. The topological polar surface area (TPSA) is 66.8 Å². The van der Waals surface area contributed by atoms with Gasteiger partial charge in [0.2, 0.25) is 0 Å². The zero-order chi connectivity index (χ0) is 17.0. The van der Waals surface area contributed by atoms with Crippen molar-refractivity contribution >= 4 is 7.82 Å². The molecule has 0 aliphatic rings. The average Bonchev–Trinajstić information content (AvgIpc) is 2.36. The summed E-state index contributed by atoms with van der Waals surface area (Å²) in [6, 6.07) is 0. The van der Waals surface area contributed by atoms with Crippen molar-refractivity contribution in [1.82, 2.24) is 0 Å². The lowest BCUT2D eigenvalue weighted by Crippen LogP contribution is -1.91. The van der Waals surface area contributed by atoms with Crippen LogP contribution < -0.4 is 0 Å². The first-order valence-corrected chi connectivity index (χ1v) is 9.05. The lowest BCUT2D eigenvalue weighted by Gasteiger charge is -2.06. The van der Waals surface area contributed by atoms with Gasteiger partial charge in [-0.1, -0.05) is 41.0 Å². The first-order valence-electron chi connectivity index (χ1n) is 7.52. The quantitative estimate of drug-likeness (QED) is 0.410. The van der Waals surface area contributed by atoms with Crippen LogP contribution in [0.4, 0.5) is 0 Å². The minimum atomic E-state index is -4.39. The molecule has 0 aromatic rings. The van der Waals surface area contributed by atoms with E-state index in [0.29, 0.717) is 6.42 Å². The fraction of sp³-hybridized carbons (Fsp3) is 0.529. The second kappa shape index (κ2) is 11.6. The highest BCUT2D eigenvalue weighted by molar-refractivity contribution is 7.46. The molecule has 0 fully saturated rings. The molecule has 0 saturated heterocycles.